The molecule has 19 heavy (non-hydrogen) atoms. The molecule has 0 spiro atoms. The molecule has 0 aromatic heterocycles. The lowest BCUT2D eigenvalue weighted by Gasteiger charge is -2.10. The Balaban J connectivity index is 0.00000133. The Morgan fingerprint density at radius 2 is 1.95 bits per heavy atom. The molecule has 1 saturated carbocycles. The average molecular weight is 327 g/mol. The summed E-state index contributed by atoms with van der Waals surface area (Å²) in [4.78, 5) is -0.382. The first-order chi connectivity index (χ1) is 8.50. The summed E-state index contributed by atoms with van der Waals surface area (Å²) in [7, 11) is -3.83. The van der Waals surface area contributed by atoms with E-state index in [1.807, 2.05) is 0 Å². The normalized spacial score (nSPS) is 28.6. The van der Waals surface area contributed by atoms with Gasteiger partial charge in [0.1, 0.15) is 4.90 Å². The summed E-state index contributed by atoms with van der Waals surface area (Å²) in [5, 5.41) is 2.98. The van der Waals surface area contributed by atoms with Crippen LogP contribution in [0.4, 0.5) is 4.39 Å². The van der Waals surface area contributed by atoms with Gasteiger partial charge in [0.05, 0.1) is 5.02 Å². The van der Waals surface area contributed by atoms with Crippen LogP contribution in [0.3, 0.4) is 0 Å². The molecule has 4 nitrogen and oxygen atoms in total. The predicted octanol–water partition coefficient (Wildman–Crippen LogP) is 1.40. The first kappa shape index (κ1) is 15.0. The summed E-state index contributed by atoms with van der Waals surface area (Å²) < 4.78 is 40.4. The molecule has 0 amide bonds. The molecule has 1 aliphatic heterocycles. The van der Waals surface area contributed by atoms with E-state index >= 15 is 0 Å². The minimum atomic E-state index is -3.83. The molecule has 1 saturated heterocycles. The fraction of sp³-hybridized carbons (Fsp3) is 0.455. The number of benzene rings is 1. The Labute approximate surface area is 122 Å². The first-order valence-electron chi connectivity index (χ1n) is 5.68. The summed E-state index contributed by atoms with van der Waals surface area (Å²) in [6.07, 6.45) is 0. The van der Waals surface area contributed by atoms with Crippen molar-refractivity contribution in [2.75, 3.05) is 13.1 Å². The van der Waals surface area contributed by atoms with Crippen LogP contribution in [0, 0.1) is 17.7 Å². The Hall–Kier alpha value is -0.400. The van der Waals surface area contributed by atoms with Gasteiger partial charge in [0, 0.05) is 6.04 Å². The molecule has 106 valence electrons. The molecule has 1 aromatic carbocycles. The molecular weight excluding hydrogens is 314 g/mol. The highest BCUT2D eigenvalue weighted by Gasteiger charge is 2.54. The second kappa shape index (κ2) is 5.18. The van der Waals surface area contributed by atoms with Gasteiger partial charge in [-0.25, -0.2) is 17.5 Å². The van der Waals surface area contributed by atoms with E-state index in [2.05, 4.69) is 10.0 Å². The molecule has 2 fully saturated rings. The molecular formula is C11H13Cl2FN2O2S. The van der Waals surface area contributed by atoms with Crippen LogP contribution in [-0.4, -0.2) is 27.5 Å². The van der Waals surface area contributed by atoms with Gasteiger partial charge in [-0.1, -0.05) is 17.7 Å². The number of hydrogen-bond acceptors (Lipinski definition) is 3. The fourth-order valence-electron chi connectivity index (χ4n) is 2.53. The van der Waals surface area contributed by atoms with Gasteiger partial charge in [-0.15, -0.1) is 12.4 Å². The monoisotopic (exact) mass is 326 g/mol. The summed E-state index contributed by atoms with van der Waals surface area (Å²) in [6.45, 7) is 1.63. The van der Waals surface area contributed by atoms with Crippen LogP contribution >= 0.6 is 24.0 Å². The molecule has 2 aliphatic rings. The molecule has 1 aliphatic carbocycles. The molecule has 1 heterocycles. The van der Waals surface area contributed by atoms with Crippen molar-refractivity contribution >= 4 is 34.0 Å². The molecule has 0 bridgehead atoms. The van der Waals surface area contributed by atoms with Crippen molar-refractivity contribution in [2.45, 2.75) is 10.9 Å². The highest BCUT2D eigenvalue weighted by molar-refractivity contribution is 7.89. The third-order valence-corrected chi connectivity index (χ3v) is 5.36. The van der Waals surface area contributed by atoms with Crippen molar-refractivity contribution in [1.29, 1.82) is 0 Å². The van der Waals surface area contributed by atoms with Crippen molar-refractivity contribution in [2.24, 2.45) is 11.8 Å². The SMILES string of the molecule is Cl.O=S(=O)(NC1C2CNCC21)c1cccc(Cl)c1F. The van der Waals surface area contributed by atoms with Crippen molar-refractivity contribution in [3.05, 3.63) is 29.0 Å². The maximum absolute atomic E-state index is 13.7. The zero-order chi connectivity index (χ0) is 12.9. The smallest absolute Gasteiger partial charge is 0.243 e. The Bertz CT molecular complexity index is 586. The third-order valence-electron chi connectivity index (χ3n) is 3.59. The van der Waals surface area contributed by atoms with Crippen LogP contribution in [0.15, 0.2) is 23.1 Å². The number of hydrogen-bond donors (Lipinski definition) is 2. The highest BCUT2D eigenvalue weighted by atomic mass is 35.5. The van der Waals surface area contributed by atoms with E-state index in [4.69, 9.17) is 11.6 Å². The van der Waals surface area contributed by atoms with Gasteiger partial charge in [0.2, 0.25) is 10.0 Å². The lowest BCUT2D eigenvalue weighted by atomic mass is 10.3. The van der Waals surface area contributed by atoms with E-state index < -0.39 is 15.8 Å². The van der Waals surface area contributed by atoms with Crippen molar-refractivity contribution in [3.63, 3.8) is 0 Å². The van der Waals surface area contributed by atoms with E-state index in [1.165, 1.54) is 18.2 Å². The van der Waals surface area contributed by atoms with Gasteiger partial charge < -0.3 is 5.32 Å². The number of piperidine rings is 1. The van der Waals surface area contributed by atoms with Gasteiger partial charge in [-0.3, -0.25) is 0 Å². The van der Waals surface area contributed by atoms with Crippen LogP contribution in [0.25, 0.3) is 0 Å². The minimum absolute atomic E-state index is 0. The second-order valence-electron chi connectivity index (χ2n) is 4.68. The van der Waals surface area contributed by atoms with Gasteiger partial charge in [-0.05, 0) is 37.1 Å². The fourth-order valence-corrected chi connectivity index (χ4v) is 4.20. The molecule has 2 atom stereocenters. The van der Waals surface area contributed by atoms with Crippen LogP contribution in [0.2, 0.25) is 5.02 Å². The summed E-state index contributed by atoms with van der Waals surface area (Å²) in [5.74, 6) is -0.223. The Morgan fingerprint density at radius 1 is 1.32 bits per heavy atom. The van der Waals surface area contributed by atoms with Gasteiger partial charge >= 0.3 is 0 Å². The molecule has 3 rings (SSSR count). The average Bonchev–Trinajstić information content (AvgIpc) is 2.76. The van der Waals surface area contributed by atoms with E-state index in [1.54, 1.807) is 0 Å². The number of sulfonamides is 1. The first-order valence-corrected chi connectivity index (χ1v) is 7.54. The van der Waals surface area contributed by atoms with Crippen molar-refractivity contribution in [3.8, 4) is 0 Å². The number of fused-ring (bicyclic) bond motifs is 1. The third kappa shape index (κ3) is 2.60. The van der Waals surface area contributed by atoms with Crippen LogP contribution in [0.5, 0.6) is 0 Å². The van der Waals surface area contributed by atoms with Crippen molar-refractivity contribution in [1.82, 2.24) is 10.0 Å². The zero-order valence-corrected chi connectivity index (χ0v) is 12.2. The maximum atomic E-state index is 13.7. The molecule has 8 heteroatoms. The number of nitrogens with one attached hydrogen (secondary N) is 2. The Morgan fingerprint density at radius 3 is 2.58 bits per heavy atom. The van der Waals surface area contributed by atoms with Gasteiger partial charge in [-0.2, -0.15) is 0 Å². The quantitative estimate of drug-likeness (QED) is 0.882. The second-order valence-corrected chi connectivity index (χ2v) is 6.77. The lowest BCUT2D eigenvalue weighted by molar-refractivity contribution is 0.547. The molecule has 2 unspecified atom stereocenters. The lowest BCUT2D eigenvalue weighted by Crippen LogP contribution is -2.33. The summed E-state index contributed by atoms with van der Waals surface area (Å²) >= 11 is 5.59. The van der Waals surface area contributed by atoms with E-state index in [9.17, 15) is 12.8 Å². The molecule has 2 N–H and O–H groups in total. The molecule has 0 radical (unpaired) electrons. The zero-order valence-electron chi connectivity index (χ0n) is 9.77. The van der Waals surface area contributed by atoms with E-state index in [0.717, 1.165) is 13.1 Å². The number of rotatable bonds is 3. The summed E-state index contributed by atoms with van der Waals surface area (Å²) in [5.41, 5.74) is 0. The van der Waals surface area contributed by atoms with Gasteiger partial charge in [0.25, 0.3) is 0 Å². The van der Waals surface area contributed by atoms with Crippen molar-refractivity contribution < 1.29 is 12.8 Å². The Kier molecular flexibility index (Phi) is 4.09. The molecule has 1 aromatic rings. The standard InChI is InChI=1S/C11H12ClFN2O2S.ClH/c12-8-2-1-3-9(10(8)13)18(16,17)15-11-6-4-14-5-7(6)11;/h1-3,6-7,11,14-15H,4-5H2;1H. The summed E-state index contributed by atoms with van der Waals surface area (Å²) in [6, 6.07) is 3.90. The van der Waals surface area contributed by atoms with Crippen LogP contribution in [0.1, 0.15) is 0 Å². The van der Waals surface area contributed by atoms with Gasteiger partial charge in [0.15, 0.2) is 5.82 Å². The van der Waals surface area contributed by atoms with E-state index in [-0.39, 0.29) is 28.4 Å². The largest absolute Gasteiger partial charge is 0.316 e. The predicted molar refractivity (Wildman–Crippen MR) is 72.6 cm³/mol. The van der Waals surface area contributed by atoms with Crippen LogP contribution in [-0.2, 0) is 10.0 Å². The highest BCUT2D eigenvalue weighted by Crippen LogP contribution is 2.42. The minimum Gasteiger partial charge on any atom is -0.316 e. The number of halogens is 3. The van der Waals surface area contributed by atoms with E-state index in [0.29, 0.717) is 11.8 Å². The van der Waals surface area contributed by atoms with Crippen LogP contribution < -0.4 is 10.0 Å². The maximum Gasteiger partial charge on any atom is 0.243 e. The topological polar surface area (TPSA) is 58.2 Å².